The molecule has 2 saturated carbocycles. The van der Waals surface area contributed by atoms with Crippen molar-refractivity contribution in [3.8, 4) is 0 Å². The molecule has 0 radical (unpaired) electrons. The fraction of sp³-hybridized carbons (Fsp3) is 0.900. The van der Waals surface area contributed by atoms with Gasteiger partial charge in [0.15, 0.2) is 0 Å². The Morgan fingerprint density at radius 3 is 2.73 bits per heavy atom. The van der Waals surface area contributed by atoms with E-state index in [9.17, 15) is 8.42 Å². The summed E-state index contributed by atoms with van der Waals surface area (Å²) in [5.74, 6) is 0.785. The molecule has 0 saturated heterocycles. The van der Waals surface area contributed by atoms with Crippen LogP contribution in [0.4, 0.5) is 0 Å². The molecular formula is C10H14BrNO2S. The second kappa shape index (κ2) is 2.50. The molecule has 1 aliphatic heterocycles. The SMILES string of the molecule is CC1(C)[C@@H]2CC[C@]13CS(=O)(=O)N=C3[C@H]2Br. The number of hydrogen-bond donors (Lipinski definition) is 0. The predicted octanol–water partition coefficient (Wildman–Crippen LogP) is 1.97. The molecule has 3 atom stereocenters. The smallest absolute Gasteiger partial charge is 0.205 e. The first-order chi connectivity index (χ1) is 6.80. The Morgan fingerprint density at radius 1 is 1.47 bits per heavy atom. The number of rotatable bonds is 0. The molecule has 0 unspecified atom stereocenters. The van der Waals surface area contributed by atoms with Crippen molar-refractivity contribution in [3.63, 3.8) is 0 Å². The second-order valence-corrected chi connectivity index (χ2v) is 8.18. The average molecular weight is 292 g/mol. The van der Waals surface area contributed by atoms with Crippen molar-refractivity contribution >= 4 is 31.7 Å². The molecule has 1 spiro atoms. The molecule has 3 nitrogen and oxygen atoms in total. The molecule has 15 heavy (non-hydrogen) atoms. The van der Waals surface area contributed by atoms with Gasteiger partial charge in [0, 0.05) is 5.41 Å². The van der Waals surface area contributed by atoms with Gasteiger partial charge in [0.2, 0.25) is 0 Å². The molecule has 3 rings (SSSR count). The van der Waals surface area contributed by atoms with E-state index in [1.54, 1.807) is 0 Å². The van der Waals surface area contributed by atoms with Crippen LogP contribution in [0, 0.1) is 16.7 Å². The molecule has 5 heteroatoms. The molecular weight excluding hydrogens is 278 g/mol. The fourth-order valence-electron chi connectivity index (χ4n) is 3.83. The Hall–Kier alpha value is 0.1000. The van der Waals surface area contributed by atoms with Crippen LogP contribution in [0.2, 0.25) is 0 Å². The van der Waals surface area contributed by atoms with Crippen LogP contribution < -0.4 is 0 Å². The Bertz CT molecular complexity index is 468. The number of nitrogens with zero attached hydrogens (tertiary/aromatic N) is 1. The second-order valence-electron chi connectivity index (χ2n) is 5.55. The van der Waals surface area contributed by atoms with Crippen molar-refractivity contribution in [2.24, 2.45) is 21.1 Å². The highest BCUT2D eigenvalue weighted by Crippen LogP contribution is 2.67. The minimum atomic E-state index is -3.20. The third-order valence-electron chi connectivity index (χ3n) is 4.81. The third-order valence-corrected chi connectivity index (χ3v) is 7.22. The summed E-state index contributed by atoms with van der Waals surface area (Å²) in [6.45, 7) is 4.39. The van der Waals surface area contributed by atoms with E-state index in [-0.39, 0.29) is 21.4 Å². The summed E-state index contributed by atoms with van der Waals surface area (Å²) in [5.41, 5.74) is 0.817. The Balaban J connectivity index is 2.26. The largest absolute Gasteiger partial charge is 0.254 e. The predicted molar refractivity (Wildman–Crippen MR) is 62.9 cm³/mol. The number of sulfonamides is 1. The van der Waals surface area contributed by atoms with Crippen LogP contribution in [0.25, 0.3) is 0 Å². The third kappa shape index (κ3) is 0.971. The topological polar surface area (TPSA) is 46.5 Å². The molecule has 1 heterocycles. The maximum absolute atomic E-state index is 11.7. The van der Waals surface area contributed by atoms with Gasteiger partial charge in [-0.05, 0) is 24.2 Å². The summed E-state index contributed by atoms with van der Waals surface area (Å²) in [6, 6.07) is 0. The van der Waals surface area contributed by atoms with E-state index in [0.717, 1.165) is 18.6 Å². The average Bonchev–Trinajstić information content (AvgIpc) is 2.54. The fourth-order valence-corrected chi connectivity index (χ4v) is 7.37. The van der Waals surface area contributed by atoms with Crippen LogP contribution >= 0.6 is 15.9 Å². The van der Waals surface area contributed by atoms with Gasteiger partial charge in [0.05, 0.1) is 16.3 Å². The van der Waals surface area contributed by atoms with Gasteiger partial charge in [-0.25, -0.2) is 8.42 Å². The van der Waals surface area contributed by atoms with Crippen molar-refractivity contribution < 1.29 is 8.42 Å². The molecule has 0 aromatic rings. The van der Waals surface area contributed by atoms with E-state index in [2.05, 4.69) is 34.2 Å². The molecule has 0 N–H and O–H groups in total. The van der Waals surface area contributed by atoms with Gasteiger partial charge in [0.1, 0.15) is 0 Å². The van der Waals surface area contributed by atoms with Gasteiger partial charge in [-0.1, -0.05) is 29.8 Å². The van der Waals surface area contributed by atoms with Crippen LogP contribution in [0.1, 0.15) is 26.7 Å². The van der Waals surface area contributed by atoms with Crippen LogP contribution in [0.3, 0.4) is 0 Å². The quantitative estimate of drug-likeness (QED) is 0.641. The van der Waals surface area contributed by atoms with Crippen LogP contribution in [-0.4, -0.2) is 24.7 Å². The van der Waals surface area contributed by atoms with Gasteiger partial charge >= 0.3 is 0 Å². The summed E-state index contributed by atoms with van der Waals surface area (Å²) >= 11 is 3.63. The maximum atomic E-state index is 11.7. The van der Waals surface area contributed by atoms with Gasteiger partial charge in [-0.2, -0.15) is 4.40 Å². The van der Waals surface area contributed by atoms with Crippen LogP contribution in [0.5, 0.6) is 0 Å². The monoisotopic (exact) mass is 291 g/mol. The number of hydrogen-bond acceptors (Lipinski definition) is 2. The minimum Gasteiger partial charge on any atom is -0.205 e. The van der Waals surface area contributed by atoms with Gasteiger partial charge in [-0.3, -0.25) is 0 Å². The zero-order valence-corrected chi connectivity index (χ0v) is 11.2. The Morgan fingerprint density at radius 2 is 2.13 bits per heavy atom. The molecule has 0 aromatic carbocycles. The molecule has 3 aliphatic rings. The molecule has 0 aromatic heterocycles. The maximum Gasteiger partial charge on any atom is 0.254 e. The summed E-state index contributed by atoms with van der Waals surface area (Å²) < 4.78 is 27.3. The molecule has 2 bridgehead atoms. The zero-order valence-electron chi connectivity index (χ0n) is 8.83. The first-order valence-electron chi connectivity index (χ1n) is 5.27. The van der Waals surface area contributed by atoms with Crippen molar-refractivity contribution in [1.29, 1.82) is 0 Å². The number of fused-ring (bicyclic) bond motifs is 1. The Labute approximate surface area is 98.5 Å². The van der Waals surface area contributed by atoms with Gasteiger partial charge in [0.25, 0.3) is 10.0 Å². The molecule has 2 fully saturated rings. The van der Waals surface area contributed by atoms with Crippen molar-refractivity contribution in [2.45, 2.75) is 31.5 Å². The van der Waals surface area contributed by atoms with E-state index >= 15 is 0 Å². The van der Waals surface area contributed by atoms with Crippen LogP contribution in [0.15, 0.2) is 4.40 Å². The lowest BCUT2D eigenvalue weighted by molar-refractivity contribution is 0.200. The van der Waals surface area contributed by atoms with Gasteiger partial charge in [-0.15, -0.1) is 0 Å². The highest BCUT2D eigenvalue weighted by Gasteiger charge is 2.70. The highest BCUT2D eigenvalue weighted by molar-refractivity contribution is 9.10. The molecule has 84 valence electrons. The standard InChI is InChI=1S/C10H14BrNO2S/c1-9(2)6-3-4-10(9)5-15(13,14)12-8(10)7(6)11/h6-7H,3-5H2,1-2H3/t6-,7+,10-/m1/s1. The summed E-state index contributed by atoms with van der Waals surface area (Å²) in [6.07, 6.45) is 2.11. The van der Waals surface area contributed by atoms with Crippen molar-refractivity contribution in [1.82, 2.24) is 0 Å². The number of halogens is 1. The van der Waals surface area contributed by atoms with Crippen LogP contribution in [-0.2, 0) is 10.0 Å². The lowest BCUT2D eigenvalue weighted by Gasteiger charge is -2.33. The normalized spacial score (nSPS) is 49.1. The summed E-state index contributed by atoms with van der Waals surface area (Å²) in [5, 5.41) is 0. The highest BCUT2D eigenvalue weighted by atomic mass is 79.9. The van der Waals surface area contributed by atoms with E-state index in [0.29, 0.717) is 5.92 Å². The number of alkyl halides is 1. The molecule has 0 amide bonds. The van der Waals surface area contributed by atoms with Crippen molar-refractivity contribution in [2.75, 3.05) is 5.75 Å². The Kier molecular flexibility index (Phi) is 1.71. The van der Waals surface area contributed by atoms with Gasteiger partial charge < -0.3 is 0 Å². The first kappa shape index (κ1) is 10.3. The molecule has 2 aliphatic carbocycles. The van der Waals surface area contributed by atoms with E-state index < -0.39 is 10.0 Å². The summed E-state index contributed by atoms with van der Waals surface area (Å²) in [7, 11) is -3.20. The van der Waals surface area contributed by atoms with E-state index in [1.165, 1.54) is 0 Å². The minimum absolute atomic E-state index is 0.0730. The first-order valence-corrected chi connectivity index (χ1v) is 7.80. The lowest BCUT2D eigenvalue weighted by atomic mass is 9.70. The zero-order chi connectivity index (χ0) is 11.1. The van der Waals surface area contributed by atoms with E-state index in [4.69, 9.17) is 0 Å². The van der Waals surface area contributed by atoms with E-state index in [1.807, 2.05) is 0 Å². The lowest BCUT2D eigenvalue weighted by Crippen LogP contribution is -2.37. The summed E-state index contributed by atoms with van der Waals surface area (Å²) in [4.78, 5) is 0.179. The van der Waals surface area contributed by atoms with Crippen molar-refractivity contribution in [3.05, 3.63) is 0 Å².